The Labute approximate surface area is 157 Å². The van der Waals surface area contributed by atoms with Crippen molar-refractivity contribution in [2.75, 3.05) is 45.3 Å². The summed E-state index contributed by atoms with van der Waals surface area (Å²) >= 11 is 0. The number of anilines is 1. The second-order valence-electron chi connectivity index (χ2n) is 6.33. The van der Waals surface area contributed by atoms with Crippen molar-refractivity contribution in [2.45, 2.75) is 6.42 Å². The molecule has 1 aliphatic heterocycles. The van der Waals surface area contributed by atoms with E-state index in [2.05, 4.69) is 0 Å². The third-order valence-corrected chi connectivity index (χ3v) is 4.69. The number of hydrogen-bond acceptors (Lipinski definition) is 4. The Kier molecular flexibility index (Phi) is 5.78. The molecule has 0 aromatic heterocycles. The van der Waals surface area contributed by atoms with Crippen LogP contribution in [0, 0.1) is 11.6 Å². The van der Waals surface area contributed by atoms with Crippen molar-refractivity contribution in [1.29, 1.82) is 0 Å². The molecule has 0 bridgehead atoms. The number of rotatable bonds is 5. The van der Waals surface area contributed by atoms with Gasteiger partial charge in [0.1, 0.15) is 11.6 Å². The molecular formula is C20H22F2N2O3. The lowest BCUT2D eigenvalue weighted by atomic mass is 10.1. The molecule has 144 valence electrons. The number of piperazine rings is 1. The van der Waals surface area contributed by atoms with Gasteiger partial charge in [-0.1, -0.05) is 6.07 Å². The zero-order valence-electron chi connectivity index (χ0n) is 15.4. The summed E-state index contributed by atoms with van der Waals surface area (Å²) in [4.78, 5) is 16.2. The molecule has 2 aromatic rings. The van der Waals surface area contributed by atoms with Crippen LogP contribution in [0.3, 0.4) is 0 Å². The van der Waals surface area contributed by atoms with Gasteiger partial charge >= 0.3 is 0 Å². The molecule has 0 unspecified atom stereocenters. The Balaban J connectivity index is 1.60. The number of methoxy groups -OCH3 is 2. The second kappa shape index (κ2) is 8.24. The van der Waals surface area contributed by atoms with Gasteiger partial charge in [0.2, 0.25) is 5.91 Å². The third kappa shape index (κ3) is 4.30. The minimum absolute atomic E-state index is 0.00134. The van der Waals surface area contributed by atoms with Crippen LogP contribution in [-0.4, -0.2) is 51.2 Å². The van der Waals surface area contributed by atoms with E-state index in [0.29, 0.717) is 43.4 Å². The van der Waals surface area contributed by atoms with Crippen LogP contribution >= 0.6 is 0 Å². The Morgan fingerprint density at radius 3 is 2.30 bits per heavy atom. The summed E-state index contributed by atoms with van der Waals surface area (Å²) in [6.45, 7) is 1.98. The average Bonchev–Trinajstić information content (AvgIpc) is 2.68. The molecule has 1 aliphatic rings. The topological polar surface area (TPSA) is 42.0 Å². The molecule has 1 heterocycles. The number of halogens is 2. The quantitative estimate of drug-likeness (QED) is 0.805. The highest BCUT2D eigenvalue weighted by Crippen LogP contribution is 2.28. The number of benzene rings is 2. The van der Waals surface area contributed by atoms with Crippen LogP contribution in [0.5, 0.6) is 11.5 Å². The van der Waals surface area contributed by atoms with Gasteiger partial charge in [0, 0.05) is 32.2 Å². The summed E-state index contributed by atoms with van der Waals surface area (Å²) in [5.74, 6) is 0.0181. The van der Waals surface area contributed by atoms with Crippen molar-refractivity contribution in [3.8, 4) is 11.5 Å². The maximum Gasteiger partial charge on any atom is 0.227 e. The summed E-state index contributed by atoms with van der Waals surface area (Å²) in [7, 11) is 3.11. The Bertz CT molecular complexity index is 821. The van der Waals surface area contributed by atoms with Gasteiger partial charge in [-0.2, -0.15) is 0 Å². The molecule has 1 fully saturated rings. The van der Waals surface area contributed by atoms with E-state index in [1.54, 1.807) is 31.3 Å². The van der Waals surface area contributed by atoms with Crippen LogP contribution in [0.25, 0.3) is 0 Å². The summed E-state index contributed by atoms with van der Waals surface area (Å²) in [6.07, 6.45) is 0.255. The fraction of sp³-hybridized carbons (Fsp3) is 0.350. The zero-order chi connectivity index (χ0) is 19.4. The number of hydrogen-bond donors (Lipinski definition) is 0. The lowest BCUT2D eigenvalue weighted by Crippen LogP contribution is -2.49. The lowest BCUT2D eigenvalue weighted by Gasteiger charge is -2.36. The van der Waals surface area contributed by atoms with E-state index in [1.807, 2.05) is 11.0 Å². The highest BCUT2D eigenvalue weighted by molar-refractivity contribution is 5.79. The van der Waals surface area contributed by atoms with Gasteiger partial charge in [-0.15, -0.1) is 0 Å². The SMILES string of the molecule is COc1ccc(CC(=O)N2CCN(c3ccc(F)cc3F)CC2)cc1OC. The lowest BCUT2D eigenvalue weighted by molar-refractivity contribution is -0.130. The van der Waals surface area contributed by atoms with Gasteiger partial charge in [0.25, 0.3) is 0 Å². The fourth-order valence-electron chi connectivity index (χ4n) is 3.21. The molecule has 1 amide bonds. The molecular weight excluding hydrogens is 354 g/mol. The van der Waals surface area contributed by atoms with E-state index >= 15 is 0 Å². The van der Waals surface area contributed by atoms with Crippen LogP contribution in [0.1, 0.15) is 5.56 Å². The first-order valence-electron chi connectivity index (χ1n) is 8.70. The van der Waals surface area contributed by atoms with Gasteiger partial charge in [-0.3, -0.25) is 4.79 Å². The van der Waals surface area contributed by atoms with E-state index in [1.165, 1.54) is 12.1 Å². The van der Waals surface area contributed by atoms with Gasteiger partial charge in [0.05, 0.1) is 26.3 Å². The van der Waals surface area contributed by atoms with Crippen molar-refractivity contribution in [3.05, 3.63) is 53.6 Å². The van der Waals surface area contributed by atoms with Crippen molar-refractivity contribution in [1.82, 2.24) is 4.90 Å². The largest absolute Gasteiger partial charge is 0.493 e. The molecule has 7 heteroatoms. The van der Waals surface area contributed by atoms with Crippen LogP contribution in [0.4, 0.5) is 14.5 Å². The minimum atomic E-state index is -0.597. The Hall–Kier alpha value is -2.83. The maximum atomic E-state index is 13.9. The van der Waals surface area contributed by atoms with Gasteiger partial charge < -0.3 is 19.3 Å². The first-order chi connectivity index (χ1) is 13.0. The monoisotopic (exact) mass is 376 g/mol. The molecule has 5 nitrogen and oxygen atoms in total. The summed E-state index contributed by atoms with van der Waals surface area (Å²) in [6, 6.07) is 8.96. The van der Waals surface area contributed by atoms with Crippen molar-refractivity contribution in [2.24, 2.45) is 0 Å². The highest BCUT2D eigenvalue weighted by Gasteiger charge is 2.23. The molecule has 0 saturated carbocycles. The van der Waals surface area contributed by atoms with Gasteiger partial charge in [0.15, 0.2) is 11.5 Å². The van der Waals surface area contributed by atoms with E-state index < -0.39 is 11.6 Å². The molecule has 27 heavy (non-hydrogen) atoms. The van der Waals surface area contributed by atoms with Crippen LogP contribution < -0.4 is 14.4 Å². The molecule has 0 aliphatic carbocycles. The number of carbonyl (C=O) groups is 1. The zero-order valence-corrected chi connectivity index (χ0v) is 15.4. The smallest absolute Gasteiger partial charge is 0.227 e. The maximum absolute atomic E-state index is 13.9. The number of amides is 1. The third-order valence-electron chi connectivity index (χ3n) is 4.69. The van der Waals surface area contributed by atoms with E-state index in [9.17, 15) is 13.6 Å². The van der Waals surface area contributed by atoms with Crippen LogP contribution in [0.2, 0.25) is 0 Å². The Morgan fingerprint density at radius 1 is 0.963 bits per heavy atom. The number of nitrogens with zero attached hydrogens (tertiary/aromatic N) is 2. The number of ether oxygens (including phenoxy) is 2. The highest BCUT2D eigenvalue weighted by atomic mass is 19.1. The number of carbonyl (C=O) groups excluding carboxylic acids is 1. The molecule has 0 atom stereocenters. The van der Waals surface area contributed by atoms with E-state index in [4.69, 9.17) is 9.47 Å². The predicted molar refractivity (Wildman–Crippen MR) is 98.4 cm³/mol. The minimum Gasteiger partial charge on any atom is -0.493 e. The molecule has 0 spiro atoms. The normalized spacial score (nSPS) is 14.2. The van der Waals surface area contributed by atoms with Crippen molar-refractivity contribution < 1.29 is 23.0 Å². The van der Waals surface area contributed by atoms with Gasteiger partial charge in [-0.05, 0) is 29.8 Å². The molecule has 0 N–H and O–H groups in total. The van der Waals surface area contributed by atoms with Gasteiger partial charge in [-0.25, -0.2) is 8.78 Å². The fourth-order valence-corrected chi connectivity index (χ4v) is 3.21. The summed E-state index contributed by atoms with van der Waals surface area (Å²) in [5, 5.41) is 0. The van der Waals surface area contributed by atoms with Crippen LogP contribution in [0.15, 0.2) is 36.4 Å². The molecule has 1 saturated heterocycles. The summed E-state index contributed by atoms with van der Waals surface area (Å²) in [5.41, 5.74) is 1.20. The van der Waals surface area contributed by atoms with Crippen LogP contribution in [-0.2, 0) is 11.2 Å². The molecule has 3 rings (SSSR count). The van der Waals surface area contributed by atoms with E-state index in [-0.39, 0.29) is 12.3 Å². The molecule has 2 aromatic carbocycles. The summed E-state index contributed by atoms with van der Waals surface area (Å²) < 4.78 is 37.5. The molecule has 0 radical (unpaired) electrons. The Morgan fingerprint density at radius 2 is 1.67 bits per heavy atom. The average molecular weight is 376 g/mol. The standard InChI is InChI=1S/C20H22F2N2O3/c1-26-18-6-3-14(11-19(18)27-2)12-20(25)24-9-7-23(8-10-24)17-5-4-15(21)13-16(17)22/h3-6,11,13H,7-10,12H2,1-2H3. The second-order valence-corrected chi connectivity index (χ2v) is 6.33. The predicted octanol–water partition coefficient (Wildman–Crippen LogP) is 2.87. The first kappa shape index (κ1) is 18.9. The van der Waals surface area contributed by atoms with Crippen molar-refractivity contribution >= 4 is 11.6 Å². The van der Waals surface area contributed by atoms with Crippen molar-refractivity contribution in [3.63, 3.8) is 0 Å². The first-order valence-corrected chi connectivity index (χ1v) is 8.70. The van der Waals surface area contributed by atoms with E-state index in [0.717, 1.165) is 11.6 Å².